The number of hydrogen-bond donors (Lipinski definition) is 1. The molecule has 1 N–H and O–H groups in total. The van der Waals surface area contributed by atoms with E-state index in [0.717, 1.165) is 4.68 Å². The van der Waals surface area contributed by atoms with Crippen LogP contribution in [0.2, 0.25) is 5.02 Å². The van der Waals surface area contributed by atoms with E-state index in [-0.39, 0.29) is 35.4 Å². The number of carbonyl (C=O) groups is 2. The van der Waals surface area contributed by atoms with Gasteiger partial charge in [0.05, 0.1) is 17.7 Å². The summed E-state index contributed by atoms with van der Waals surface area (Å²) in [5, 5.41) is 10.1. The number of amides is 1. The van der Waals surface area contributed by atoms with E-state index >= 15 is 0 Å². The quantitative estimate of drug-likeness (QED) is 0.575. The average molecular weight is 448 g/mol. The Hall–Kier alpha value is -2.71. The molecule has 1 amide bonds. The van der Waals surface area contributed by atoms with Gasteiger partial charge < -0.3 is 10.1 Å². The Bertz CT molecular complexity index is 1160. The number of hydrogen-bond acceptors (Lipinski definition) is 6. The molecule has 0 unspecified atom stereocenters. The molecule has 0 aliphatic rings. The molecule has 30 heavy (non-hydrogen) atoms. The van der Waals surface area contributed by atoms with Gasteiger partial charge in [0.2, 0.25) is 5.91 Å². The van der Waals surface area contributed by atoms with Gasteiger partial charge in [-0.2, -0.15) is 9.78 Å². The largest absolute Gasteiger partial charge is 0.461 e. The van der Waals surface area contributed by atoms with Crippen LogP contribution in [0.25, 0.3) is 16.5 Å². The van der Waals surface area contributed by atoms with E-state index in [1.807, 2.05) is 20.8 Å². The minimum absolute atomic E-state index is 0.00831. The number of benzene rings is 1. The molecule has 0 saturated carbocycles. The molecule has 0 bridgehead atoms. The van der Waals surface area contributed by atoms with Crippen LogP contribution in [0.5, 0.6) is 0 Å². The fraction of sp³-hybridized carbons (Fsp3) is 0.333. The summed E-state index contributed by atoms with van der Waals surface area (Å²) < 4.78 is 6.24. The number of nitrogens with zero attached hydrogens (tertiary/aromatic N) is 2. The Morgan fingerprint density at radius 1 is 1.23 bits per heavy atom. The van der Waals surface area contributed by atoms with Crippen molar-refractivity contribution in [1.29, 1.82) is 0 Å². The van der Waals surface area contributed by atoms with E-state index in [1.165, 1.54) is 11.3 Å². The van der Waals surface area contributed by atoms with Gasteiger partial charge in [-0.3, -0.25) is 9.59 Å². The minimum atomic E-state index is -0.643. The van der Waals surface area contributed by atoms with Crippen molar-refractivity contribution in [3.63, 3.8) is 0 Å². The molecule has 2 heterocycles. The van der Waals surface area contributed by atoms with Crippen LogP contribution in [0.15, 0.2) is 34.4 Å². The van der Waals surface area contributed by atoms with Crippen molar-refractivity contribution in [1.82, 2.24) is 9.78 Å². The summed E-state index contributed by atoms with van der Waals surface area (Å²) in [5.74, 6) is -0.853. The average Bonchev–Trinajstić information content (AvgIpc) is 3.05. The van der Waals surface area contributed by atoms with Crippen molar-refractivity contribution >= 4 is 50.6 Å². The molecule has 3 rings (SSSR count). The molecule has 0 spiro atoms. The minimum Gasteiger partial charge on any atom is -0.461 e. The molecular formula is C21H22ClN3O4S. The highest BCUT2D eigenvalue weighted by atomic mass is 35.5. The van der Waals surface area contributed by atoms with Crippen LogP contribution < -0.4 is 10.9 Å². The van der Waals surface area contributed by atoms with Gasteiger partial charge in [-0.1, -0.05) is 32.4 Å². The fourth-order valence-corrected chi connectivity index (χ4v) is 3.98. The molecule has 0 aliphatic heterocycles. The predicted octanol–water partition coefficient (Wildman–Crippen LogP) is 4.65. The highest BCUT2D eigenvalue weighted by molar-refractivity contribution is 7.16. The van der Waals surface area contributed by atoms with E-state index in [1.54, 1.807) is 36.6 Å². The number of rotatable bonds is 5. The number of aromatic nitrogens is 2. The first kappa shape index (κ1) is 22.0. The van der Waals surface area contributed by atoms with Crippen LogP contribution in [0, 0.1) is 5.41 Å². The third-order valence-electron chi connectivity index (χ3n) is 4.14. The SMILES string of the molecule is CCOC(=O)c1nn(-c2ccc(Cl)cc2)c(=O)c2c(NC(=O)CC(C)(C)C)scc12. The van der Waals surface area contributed by atoms with E-state index in [0.29, 0.717) is 21.1 Å². The number of anilines is 1. The lowest BCUT2D eigenvalue weighted by molar-refractivity contribution is -0.117. The smallest absolute Gasteiger partial charge is 0.359 e. The van der Waals surface area contributed by atoms with E-state index in [2.05, 4.69) is 10.4 Å². The van der Waals surface area contributed by atoms with Crippen molar-refractivity contribution in [2.45, 2.75) is 34.1 Å². The third kappa shape index (κ3) is 4.71. The second kappa shape index (κ2) is 8.57. The molecule has 1 aromatic carbocycles. The Kier molecular flexibility index (Phi) is 6.28. The maximum atomic E-state index is 13.3. The zero-order valence-electron chi connectivity index (χ0n) is 17.1. The summed E-state index contributed by atoms with van der Waals surface area (Å²) in [7, 11) is 0. The van der Waals surface area contributed by atoms with Gasteiger partial charge >= 0.3 is 5.97 Å². The zero-order valence-corrected chi connectivity index (χ0v) is 18.7. The monoisotopic (exact) mass is 447 g/mol. The Morgan fingerprint density at radius 2 is 1.90 bits per heavy atom. The highest BCUT2D eigenvalue weighted by Gasteiger charge is 2.24. The Balaban J connectivity index is 2.19. The number of fused-ring (bicyclic) bond motifs is 1. The second-order valence-corrected chi connectivity index (χ2v) is 9.22. The van der Waals surface area contributed by atoms with E-state index in [9.17, 15) is 14.4 Å². The Labute approximate surface area is 182 Å². The van der Waals surface area contributed by atoms with Gasteiger partial charge in [-0.15, -0.1) is 11.3 Å². The molecule has 7 nitrogen and oxygen atoms in total. The summed E-state index contributed by atoms with van der Waals surface area (Å²) in [4.78, 5) is 38.2. The van der Waals surface area contributed by atoms with Crippen LogP contribution in [0.4, 0.5) is 5.00 Å². The molecule has 158 valence electrons. The van der Waals surface area contributed by atoms with Crippen molar-refractivity contribution in [2.75, 3.05) is 11.9 Å². The lowest BCUT2D eigenvalue weighted by Crippen LogP contribution is -2.26. The van der Waals surface area contributed by atoms with E-state index < -0.39 is 11.5 Å². The molecule has 0 fully saturated rings. The molecule has 9 heteroatoms. The first-order chi connectivity index (χ1) is 14.1. The number of thiophene rings is 1. The molecule has 2 aromatic heterocycles. The van der Waals surface area contributed by atoms with Gasteiger partial charge in [-0.05, 0) is 36.6 Å². The van der Waals surface area contributed by atoms with Crippen molar-refractivity contribution in [2.24, 2.45) is 5.41 Å². The van der Waals surface area contributed by atoms with Crippen LogP contribution in [-0.4, -0.2) is 28.3 Å². The standard InChI is InChI=1S/C21H22ClN3O4S/c1-5-29-20(28)17-14-11-30-18(23-15(26)10-21(2,3)4)16(14)19(27)25(24-17)13-8-6-12(22)7-9-13/h6-9,11H,5,10H2,1-4H3,(H,23,26). The molecule has 3 aromatic rings. The second-order valence-electron chi connectivity index (χ2n) is 7.90. The van der Waals surface area contributed by atoms with Crippen molar-refractivity contribution in [3.05, 3.63) is 50.7 Å². The van der Waals surface area contributed by atoms with Gasteiger partial charge in [0.25, 0.3) is 5.56 Å². The maximum Gasteiger partial charge on any atom is 0.359 e. The van der Waals surface area contributed by atoms with E-state index in [4.69, 9.17) is 16.3 Å². The van der Waals surface area contributed by atoms with Gasteiger partial charge in [0.1, 0.15) is 5.00 Å². The molecule has 0 aliphatic carbocycles. The lowest BCUT2D eigenvalue weighted by atomic mass is 9.92. The number of esters is 1. The topological polar surface area (TPSA) is 90.3 Å². The third-order valence-corrected chi connectivity index (χ3v) is 5.28. The number of nitrogens with one attached hydrogen (secondary N) is 1. The zero-order chi connectivity index (χ0) is 22.1. The normalized spacial score (nSPS) is 11.5. The summed E-state index contributed by atoms with van der Waals surface area (Å²) in [5.41, 5.74) is -0.213. The molecule has 0 radical (unpaired) electrons. The number of carbonyl (C=O) groups excluding carboxylic acids is 2. The summed E-state index contributed by atoms with van der Waals surface area (Å²) in [6, 6.07) is 6.50. The van der Waals surface area contributed by atoms with Gasteiger partial charge in [0, 0.05) is 22.2 Å². The lowest BCUT2D eigenvalue weighted by Gasteiger charge is -2.17. The van der Waals surface area contributed by atoms with Crippen molar-refractivity contribution < 1.29 is 14.3 Å². The van der Waals surface area contributed by atoms with Crippen LogP contribution in [-0.2, 0) is 9.53 Å². The maximum absolute atomic E-state index is 13.3. The number of ether oxygens (including phenoxy) is 1. The van der Waals surface area contributed by atoms with Gasteiger partial charge in [0.15, 0.2) is 5.69 Å². The summed E-state index contributed by atoms with van der Waals surface area (Å²) >= 11 is 7.12. The van der Waals surface area contributed by atoms with Crippen LogP contribution in [0.3, 0.4) is 0 Å². The summed E-state index contributed by atoms with van der Waals surface area (Å²) in [6.45, 7) is 7.72. The Morgan fingerprint density at radius 3 is 2.50 bits per heavy atom. The fourth-order valence-electron chi connectivity index (χ4n) is 2.90. The van der Waals surface area contributed by atoms with Crippen molar-refractivity contribution in [3.8, 4) is 5.69 Å². The summed E-state index contributed by atoms with van der Waals surface area (Å²) in [6.07, 6.45) is 0.285. The molecule has 0 atom stereocenters. The molecule has 0 saturated heterocycles. The van der Waals surface area contributed by atoms with Crippen LogP contribution >= 0.6 is 22.9 Å². The first-order valence-corrected chi connectivity index (χ1v) is 10.6. The van der Waals surface area contributed by atoms with Gasteiger partial charge in [-0.25, -0.2) is 4.79 Å². The van der Waals surface area contributed by atoms with Crippen LogP contribution in [0.1, 0.15) is 44.6 Å². The highest BCUT2D eigenvalue weighted by Crippen LogP contribution is 2.31. The molecular weight excluding hydrogens is 426 g/mol. The number of halogens is 1. The first-order valence-electron chi connectivity index (χ1n) is 9.38. The predicted molar refractivity (Wildman–Crippen MR) is 119 cm³/mol.